The van der Waals surface area contributed by atoms with Crippen LogP contribution >= 0.6 is 0 Å². The van der Waals surface area contributed by atoms with Gasteiger partial charge < -0.3 is 10.0 Å². The minimum atomic E-state index is -1.65. The summed E-state index contributed by atoms with van der Waals surface area (Å²) in [6.45, 7) is 4.45. The molecule has 0 saturated carbocycles. The highest BCUT2D eigenvalue weighted by atomic mass is 16.3. The lowest BCUT2D eigenvalue weighted by Crippen LogP contribution is -2.41. The average Bonchev–Trinajstić information content (AvgIpc) is 2.88. The molecule has 0 radical (unpaired) electrons. The fraction of sp³-hybridized carbons (Fsp3) is 0.174. The van der Waals surface area contributed by atoms with E-state index in [0.29, 0.717) is 17.7 Å². The molecule has 1 amide bonds. The number of carbonyl (C=O) groups excluding carboxylic acids is 1. The number of fused-ring (bicyclic) bond motifs is 1. The maximum Gasteiger partial charge on any atom is 0.268 e. The van der Waals surface area contributed by atoms with Gasteiger partial charge in [-0.15, -0.1) is 0 Å². The predicted molar refractivity (Wildman–Crippen MR) is 103 cm³/mol. The second kappa shape index (κ2) is 6.11. The molecule has 1 atom stereocenters. The molecule has 1 aliphatic rings. The second-order valence-electron chi connectivity index (χ2n) is 6.90. The number of carbonyl (C=O) groups is 1. The highest BCUT2D eigenvalue weighted by Gasteiger charge is 2.50. The van der Waals surface area contributed by atoms with Crippen molar-refractivity contribution in [3.8, 4) is 0 Å². The zero-order valence-corrected chi connectivity index (χ0v) is 14.9. The Hall–Kier alpha value is -2.91. The van der Waals surface area contributed by atoms with E-state index < -0.39 is 5.60 Å². The maximum atomic E-state index is 13.4. The van der Waals surface area contributed by atoms with Gasteiger partial charge in [-0.3, -0.25) is 4.79 Å². The van der Waals surface area contributed by atoms with Gasteiger partial charge in [0.15, 0.2) is 5.60 Å². The lowest BCUT2D eigenvalue weighted by molar-refractivity contribution is -0.132. The molecule has 0 bridgehead atoms. The molecule has 4 rings (SSSR count). The molecular weight excluding hydrogens is 322 g/mol. The normalized spacial score (nSPS) is 18.9. The van der Waals surface area contributed by atoms with Crippen molar-refractivity contribution in [2.45, 2.75) is 26.0 Å². The van der Waals surface area contributed by atoms with Gasteiger partial charge in [0.1, 0.15) is 0 Å². The van der Waals surface area contributed by atoms with Gasteiger partial charge in [-0.2, -0.15) is 0 Å². The molecule has 1 unspecified atom stereocenters. The van der Waals surface area contributed by atoms with E-state index in [1.54, 1.807) is 4.90 Å². The minimum Gasteiger partial charge on any atom is -0.372 e. The Balaban J connectivity index is 1.84. The molecule has 130 valence electrons. The monoisotopic (exact) mass is 343 g/mol. The van der Waals surface area contributed by atoms with Crippen molar-refractivity contribution in [2.75, 3.05) is 4.90 Å². The predicted octanol–water partition coefficient (Wildman–Crippen LogP) is 4.09. The van der Waals surface area contributed by atoms with Crippen molar-refractivity contribution in [2.24, 2.45) is 0 Å². The Kier molecular flexibility index (Phi) is 3.89. The topological polar surface area (TPSA) is 40.5 Å². The van der Waals surface area contributed by atoms with Crippen molar-refractivity contribution in [1.82, 2.24) is 0 Å². The summed E-state index contributed by atoms with van der Waals surface area (Å²) in [6.07, 6.45) is 0. The number of aryl methyl sites for hydroxylation is 2. The summed E-state index contributed by atoms with van der Waals surface area (Å²) in [5, 5.41) is 11.6. The lowest BCUT2D eigenvalue weighted by atomic mass is 9.86. The van der Waals surface area contributed by atoms with E-state index in [2.05, 4.69) is 0 Å². The van der Waals surface area contributed by atoms with Gasteiger partial charge in [-0.05, 0) is 42.2 Å². The number of para-hydroxylation sites is 1. The van der Waals surface area contributed by atoms with Gasteiger partial charge in [0.25, 0.3) is 5.91 Å². The van der Waals surface area contributed by atoms with Gasteiger partial charge >= 0.3 is 0 Å². The molecule has 1 N–H and O–H groups in total. The van der Waals surface area contributed by atoms with Crippen molar-refractivity contribution in [3.05, 3.63) is 101 Å². The zero-order valence-electron chi connectivity index (χ0n) is 14.9. The standard InChI is InChI=1S/C23H21NO2/c1-16-12-13-19(14-17(16)2)23(26)20-10-6-7-11-21(20)24(22(23)25)15-18-8-4-3-5-9-18/h3-14,26H,15H2,1-2H3. The summed E-state index contributed by atoms with van der Waals surface area (Å²) in [4.78, 5) is 15.0. The fourth-order valence-corrected chi connectivity index (χ4v) is 3.60. The molecule has 3 aromatic carbocycles. The number of rotatable bonds is 3. The summed E-state index contributed by atoms with van der Waals surface area (Å²) < 4.78 is 0. The number of nitrogens with zero attached hydrogens (tertiary/aromatic N) is 1. The van der Waals surface area contributed by atoms with Crippen LogP contribution in [0.4, 0.5) is 5.69 Å². The van der Waals surface area contributed by atoms with E-state index in [9.17, 15) is 9.90 Å². The number of hydrogen-bond donors (Lipinski definition) is 1. The first kappa shape index (κ1) is 16.6. The molecular formula is C23H21NO2. The van der Waals surface area contributed by atoms with E-state index in [-0.39, 0.29) is 5.91 Å². The molecule has 26 heavy (non-hydrogen) atoms. The van der Waals surface area contributed by atoms with Crippen LogP contribution in [0.5, 0.6) is 0 Å². The van der Waals surface area contributed by atoms with Gasteiger partial charge in [-0.1, -0.05) is 66.7 Å². The van der Waals surface area contributed by atoms with Crippen molar-refractivity contribution >= 4 is 11.6 Å². The number of amides is 1. The number of aliphatic hydroxyl groups is 1. The van der Waals surface area contributed by atoms with Crippen molar-refractivity contribution in [1.29, 1.82) is 0 Å². The Bertz CT molecular complexity index is 981. The Morgan fingerprint density at radius 1 is 0.885 bits per heavy atom. The van der Waals surface area contributed by atoms with Crippen LogP contribution in [0.25, 0.3) is 0 Å². The summed E-state index contributed by atoms with van der Waals surface area (Å²) in [5.74, 6) is -0.300. The minimum absolute atomic E-state index is 0.300. The van der Waals surface area contributed by atoms with Crippen LogP contribution in [-0.4, -0.2) is 11.0 Å². The average molecular weight is 343 g/mol. The molecule has 0 aliphatic carbocycles. The largest absolute Gasteiger partial charge is 0.372 e. The maximum absolute atomic E-state index is 13.4. The molecule has 3 nitrogen and oxygen atoms in total. The van der Waals surface area contributed by atoms with E-state index >= 15 is 0 Å². The number of hydrogen-bond acceptors (Lipinski definition) is 2. The van der Waals surface area contributed by atoms with Crippen LogP contribution in [0.2, 0.25) is 0 Å². The second-order valence-corrected chi connectivity index (χ2v) is 6.90. The van der Waals surface area contributed by atoms with Crippen molar-refractivity contribution < 1.29 is 9.90 Å². The van der Waals surface area contributed by atoms with Gasteiger partial charge in [-0.25, -0.2) is 0 Å². The smallest absolute Gasteiger partial charge is 0.268 e. The van der Waals surface area contributed by atoms with E-state index in [1.165, 1.54) is 0 Å². The summed E-state index contributed by atoms with van der Waals surface area (Å²) in [7, 11) is 0. The van der Waals surface area contributed by atoms with Crippen LogP contribution in [0.3, 0.4) is 0 Å². The number of benzene rings is 3. The van der Waals surface area contributed by atoms with E-state index in [1.807, 2.05) is 86.6 Å². The third-order valence-electron chi connectivity index (χ3n) is 5.25. The highest BCUT2D eigenvalue weighted by molar-refractivity contribution is 6.09. The first-order chi connectivity index (χ1) is 12.5. The van der Waals surface area contributed by atoms with Crippen molar-refractivity contribution in [3.63, 3.8) is 0 Å². The first-order valence-electron chi connectivity index (χ1n) is 8.77. The third-order valence-corrected chi connectivity index (χ3v) is 5.25. The zero-order chi connectivity index (χ0) is 18.3. The first-order valence-corrected chi connectivity index (χ1v) is 8.77. The SMILES string of the molecule is Cc1ccc(C2(O)C(=O)N(Cc3ccccc3)c3ccccc32)cc1C. The highest BCUT2D eigenvalue weighted by Crippen LogP contribution is 2.45. The van der Waals surface area contributed by atoms with E-state index in [0.717, 1.165) is 22.4 Å². The molecule has 1 heterocycles. The molecule has 0 aromatic heterocycles. The van der Waals surface area contributed by atoms with Crippen LogP contribution in [0.1, 0.15) is 27.8 Å². The molecule has 1 aliphatic heterocycles. The van der Waals surface area contributed by atoms with Crippen LogP contribution < -0.4 is 4.90 Å². The Labute approximate surface area is 153 Å². The molecule has 0 spiro atoms. The van der Waals surface area contributed by atoms with Gasteiger partial charge in [0.05, 0.1) is 12.2 Å². The summed E-state index contributed by atoms with van der Waals surface area (Å²) in [5.41, 5.74) is 3.60. The van der Waals surface area contributed by atoms with E-state index in [4.69, 9.17) is 0 Å². The molecule has 3 heteroatoms. The van der Waals surface area contributed by atoms with Crippen LogP contribution in [0.15, 0.2) is 72.8 Å². The number of anilines is 1. The lowest BCUT2D eigenvalue weighted by Gasteiger charge is -2.24. The summed E-state index contributed by atoms with van der Waals surface area (Å²) in [6, 6.07) is 23.1. The van der Waals surface area contributed by atoms with Gasteiger partial charge in [0.2, 0.25) is 0 Å². The molecule has 0 saturated heterocycles. The van der Waals surface area contributed by atoms with Gasteiger partial charge in [0, 0.05) is 5.56 Å². The quantitative estimate of drug-likeness (QED) is 0.778. The third kappa shape index (κ3) is 2.44. The van der Waals surface area contributed by atoms with Crippen LogP contribution in [0, 0.1) is 13.8 Å². The Morgan fingerprint density at radius 2 is 1.58 bits per heavy atom. The summed E-state index contributed by atoms with van der Waals surface area (Å²) >= 11 is 0. The van der Waals surface area contributed by atoms with Crippen LogP contribution in [-0.2, 0) is 16.9 Å². The molecule has 0 fully saturated rings. The fourth-order valence-electron chi connectivity index (χ4n) is 3.60. The Morgan fingerprint density at radius 3 is 2.31 bits per heavy atom. The molecule has 3 aromatic rings.